The van der Waals surface area contributed by atoms with Gasteiger partial charge in [-0.2, -0.15) is 0 Å². The van der Waals surface area contributed by atoms with Crippen molar-refractivity contribution in [3.63, 3.8) is 0 Å². The molecule has 0 saturated carbocycles. The van der Waals surface area contributed by atoms with Crippen molar-refractivity contribution in [3.8, 4) is 5.75 Å². The molecule has 2 aromatic rings. The summed E-state index contributed by atoms with van der Waals surface area (Å²) >= 11 is 7.09. The van der Waals surface area contributed by atoms with Gasteiger partial charge in [0.15, 0.2) is 4.47 Å². The molecule has 10 heteroatoms. The van der Waals surface area contributed by atoms with Gasteiger partial charge in [-0.25, -0.2) is 9.78 Å². The van der Waals surface area contributed by atoms with Crippen LogP contribution in [0.25, 0.3) is 0 Å². The second kappa shape index (κ2) is 8.96. The topological polar surface area (TPSA) is 84.9 Å². The number of amides is 2. The highest BCUT2D eigenvalue weighted by Gasteiger charge is 2.36. The first-order valence-corrected chi connectivity index (χ1v) is 10.4. The van der Waals surface area contributed by atoms with Gasteiger partial charge in [0.25, 0.3) is 5.91 Å². The Balaban J connectivity index is 1.74. The summed E-state index contributed by atoms with van der Waals surface area (Å²) < 4.78 is 11.6. The normalized spacial score (nSPS) is 17.2. The third-order valence-corrected chi connectivity index (χ3v) is 5.15. The summed E-state index contributed by atoms with van der Waals surface area (Å²) in [5.41, 5.74) is -0.305. The van der Waals surface area contributed by atoms with E-state index in [4.69, 9.17) is 21.1 Å². The molecule has 0 N–H and O–H groups in total. The SMILES string of the molecule is CC(C)(C)OC(=O)N1CCN(C(=O)c2csc(Cl)n2)[C@H](COc2cccnc2)C1. The summed E-state index contributed by atoms with van der Waals surface area (Å²) in [6.45, 7) is 6.66. The van der Waals surface area contributed by atoms with Crippen LogP contribution in [0.5, 0.6) is 5.75 Å². The standard InChI is InChI=1S/C19H23ClN4O4S/c1-19(2,3)28-18(26)23-7-8-24(16(25)15-12-29-17(20)22-15)13(10-23)11-27-14-5-4-6-21-9-14/h4-6,9,12-13H,7-8,10-11H2,1-3H3/t13-/m0/s1. The number of aromatic nitrogens is 2. The monoisotopic (exact) mass is 438 g/mol. The first-order valence-electron chi connectivity index (χ1n) is 9.16. The summed E-state index contributed by atoms with van der Waals surface area (Å²) in [6, 6.07) is 3.18. The highest BCUT2D eigenvalue weighted by molar-refractivity contribution is 7.14. The van der Waals surface area contributed by atoms with Crippen molar-refractivity contribution in [2.75, 3.05) is 26.2 Å². The fourth-order valence-corrected chi connectivity index (χ4v) is 3.62. The van der Waals surface area contributed by atoms with E-state index in [1.165, 1.54) is 11.3 Å². The summed E-state index contributed by atoms with van der Waals surface area (Å²) in [6.07, 6.45) is 2.84. The molecule has 3 rings (SSSR count). The summed E-state index contributed by atoms with van der Waals surface area (Å²) in [5.74, 6) is 0.350. The highest BCUT2D eigenvalue weighted by Crippen LogP contribution is 2.21. The maximum absolute atomic E-state index is 12.9. The second-order valence-corrected chi connectivity index (χ2v) is 9.00. The van der Waals surface area contributed by atoms with E-state index in [1.807, 2.05) is 20.8 Å². The first kappa shape index (κ1) is 21.3. The molecule has 0 spiro atoms. The van der Waals surface area contributed by atoms with Gasteiger partial charge in [-0.1, -0.05) is 11.6 Å². The molecule has 1 saturated heterocycles. The minimum absolute atomic E-state index is 0.203. The average Bonchev–Trinajstić information content (AvgIpc) is 3.11. The zero-order chi connectivity index (χ0) is 21.0. The van der Waals surface area contributed by atoms with Crippen LogP contribution in [0, 0.1) is 0 Å². The van der Waals surface area contributed by atoms with E-state index in [2.05, 4.69) is 9.97 Å². The predicted molar refractivity (Wildman–Crippen MR) is 109 cm³/mol. The third kappa shape index (κ3) is 5.80. The van der Waals surface area contributed by atoms with Crippen molar-refractivity contribution >= 4 is 34.9 Å². The number of thiazole rings is 1. The third-order valence-electron chi connectivity index (χ3n) is 4.17. The number of nitrogens with zero attached hydrogens (tertiary/aromatic N) is 4. The number of pyridine rings is 1. The molecule has 1 atom stereocenters. The van der Waals surface area contributed by atoms with Gasteiger partial charge in [0.1, 0.15) is 23.7 Å². The molecule has 3 heterocycles. The fraction of sp³-hybridized carbons (Fsp3) is 0.474. The molecule has 0 unspecified atom stereocenters. The van der Waals surface area contributed by atoms with Crippen LogP contribution in [0.15, 0.2) is 29.9 Å². The van der Waals surface area contributed by atoms with E-state index in [0.29, 0.717) is 29.9 Å². The number of carbonyl (C=O) groups excluding carboxylic acids is 2. The number of ether oxygens (including phenoxy) is 2. The molecule has 8 nitrogen and oxygen atoms in total. The summed E-state index contributed by atoms with van der Waals surface area (Å²) in [5, 5.41) is 1.63. The van der Waals surface area contributed by atoms with Gasteiger partial charge < -0.3 is 19.3 Å². The molecule has 0 radical (unpaired) electrons. The zero-order valence-corrected chi connectivity index (χ0v) is 18.1. The second-order valence-electron chi connectivity index (χ2n) is 7.56. The molecule has 1 aliphatic rings. The van der Waals surface area contributed by atoms with E-state index < -0.39 is 11.7 Å². The molecule has 0 aliphatic carbocycles. The minimum atomic E-state index is -0.594. The molecule has 2 amide bonds. The molecule has 0 aromatic carbocycles. The molecule has 2 aromatic heterocycles. The number of piperazine rings is 1. The zero-order valence-electron chi connectivity index (χ0n) is 16.5. The van der Waals surface area contributed by atoms with Crippen LogP contribution in [0.3, 0.4) is 0 Å². The predicted octanol–water partition coefficient (Wildman–Crippen LogP) is 3.33. The van der Waals surface area contributed by atoms with Gasteiger partial charge in [0.05, 0.1) is 12.2 Å². The van der Waals surface area contributed by atoms with Crippen LogP contribution in [-0.4, -0.2) is 69.7 Å². The Kier molecular flexibility index (Phi) is 6.59. The fourth-order valence-electron chi connectivity index (χ4n) is 2.88. The van der Waals surface area contributed by atoms with Crippen molar-refractivity contribution in [2.45, 2.75) is 32.4 Å². The average molecular weight is 439 g/mol. The summed E-state index contributed by atoms with van der Waals surface area (Å²) in [7, 11) is 0. The maximum Gasteiger partial charge on any atom is 0.410 e. The van der Waals surface area contributed by atoms with Crippen molar-refractivity contribution in [1.29, 1.82) is 0 Å². The van der Waals surface area contributed by atoms with Crippen LogP contribution in [0.2, 0.25) is 4.47 Å². The number of carbonyl (C=O) groups is 2. The molecular formula is C19H23ClN4O4S. The summed E-state index contributed by atoms with van der Waals surface area (Å²) in [4.78, 5) is 36.8. The smallest absolute Gasteiger partial charge is 0.410 e. The van der Waals surface area contributed by atoms with E-state index in [1.54, 1.807) is 39.7 Å². The van der Waals surface area contributed by atoms with Crippen molar-refractivity contribution < 1.29 is 19.1 Å². The lowest BCUT2D eigenvalue weighted by Crippen LogP contribution is -2.59. The van der Waals surface area contributed by atoms with Gasteiger partial charge in [-0.05, 0) is 32.9 Å². The molecule has 1 fully saturated rings. The Hall–Kier alpha value is -2.39. The van der Waals surface area contributed by atoms with Crippen molar-refractivity contribution in [1.82, 2.24) is 19.8 Å². The molecule has 0 bridgehead atoms. The van der Waals surface area contributed by atoms with Gasteiger partial charge in [-0.3, -0.25) is 9.78 Å². The van der Waals surface area contributed by atoms with Gasteiger partial charge in [0, 0.05) is 31.2 Å². The number of halogens is 1. The lowest BCUT2D eigenvalue weighted by molar-refractivity contribution is -0.00106. The molecule has 29 heavy (non-hydrogen) atoms. The van der Waals surface area contributed by atoms with Crippen LogP contribution in [-0.2, 0) is 4.74 Å². The first-order chi connectivity index (χ1) is 13.7. The Morgan fingerprint density at radius 2 is 2.14 bits per heavy atom. The molecular weight excluding hydrogens is 416 g/mol. The Labute approximate surface area is 178 Å². The van der Waals surface area contributed by atoms with E-state index in [0.717, 1.165) is 0 Å². The Morgan fingerprint density at radius 1 is 1.34 bits per heavy atom. The number of rotatable bonds is 4. The van der Waals surface area contributed by atoms with Gasteiger partial charge >= 0.3 is 6.09 Å². The maximum atomic E-state index is 12.9. The van der Waals surface area contributed by atoms with Gasteiger partial charge in [0.2, 0.25) is 0 Å². The highest BCUT2D eigenvalue weighted by atomic mass is 35.5. The lowest BCUT2D eigenvalue weighted by Gasteiger charge is -2.41. The van der Waals surface area contributed by atoms with E-state index in [-0.39, 0.29) is 24.2 Å². The van der Waals surface area contributed by atoms with Gasteiger partial charge in [-0.15, -0.1) is 11.3 Å². The van der Waals surface area contributed by atoms with Crippen molar-refractivity contribution in [2.24, 2.45) is 0 Å². The minimum Gasteiger partial charge on any atom is -0.490 e. The Morgan fingerprint density at radius 3 is 2.76 bits per heavy atom. The van der Waals surface area contributed by atoms with Crippen LogP contribution in [0.1, 0.15) is 31.3 Å². The quantitative estimate of drug-likeness (QED) is 0.727. The Bertz CT molecular complexity index is 855. The lowest BCUT2D eigenvalue weighted by atomic mass is 10.1. The van der Waals surface area contributed by atoms with Crippen LogP contribution in [0.4, 0.5) is 4.79 Å². The van der Waals surface area contributed by atoms with Crippen molar-refractivity contribution in [3.05, 3.63) is 40.1 Å². The number of hydrogen-bond acceptors (Lipinski definition) is 7. The molecule has 156 valence electrons. The van der Waals surface area contributed by atoms with Crippen LogP contribution < -0.4 is 4.74 Å². The molecule has 1 aliphatic heterocycles. The number of hydrogen-bond donors (Lipinski definition) is 0. The van der Waals surface area contributed by atoms with E-state index >= 15 is 0 Å². The van der Waals surface area contributed by atoms with Crippen LogP contribution >= 0.6 is 22.9 Å². The largest absolute Gasteiger partial charge is 0.490 e. The van der Waals surface area contributed by atoms with E-state index in [9.17, 15) is 9.59 Å².